The molecule has 4 fully saturated rings. The van der Waals surface area contributed by atoms with Crippen molar-refractivity contribution in [1.29, 1.82) is 0 Å². The monoisotopic (exact) mass is 561 g/mol. The molecule has 0 heterocycles. The van der Waals surface area contributed by atoms with Crippen LogP contribution in [0.2, 0.25) is 0 Å². The van der Waals surface area contributed by atoms with Gasteiger partial charge in [0.1, 0.15) is 0 Å². The normalized spacial score (nSPS) is 37.8. The highest BCUT2D eigenvalue weighted by atomic mass is 16.5. The molecule has 5 unspecified atom stereocenters. The second-order valence-corrected chi connectivity index (χ2v) is 14.8. The molecule has 0 spiro atoms. The molecule has 9 atom stereocenters. The minimum Gasteiger partial charge on any atom is -0.469 e. The summed E-state index contributed by atoms with van der Waals surface area (Å²) in [4.78, 5) is 11.8. The topological polar surface area (TPSA) is 88.4 Å². The third kappa shape index (κ3) is 7.44. The second-order valence-electron chi connectivity index (χ2n) is 14.8. The molecule has 4 saturated carbocycles. The SMILES string of the molecule is COC(=O)CC[C@@H](C)C1CCC2C3CCC4C[C@@H](NCCCNCCCNCCCN)CC[C@]4(C)C3CC[C@@]21C. The van der Waals surface area contributed by atoms with E-state index in [9.17, 15) is 4.79 Å². The van der Waals surface area contributed by atoms with Gasteiger partial charge in [0.25, 0.3) is 0 Å². The summed E-state index contributed by atoms with van der Waals surface area (Å²) in [5, 5.41) is 11.0. The Balaban J connectivity index is 1.19. The summed E-state index contributed by atoms with van der Waals surface area (Å²) in [6.45, 7) is 14.1. The number of hydrogen-bond donors (Lipinski definition) is 4. The van der Waals surface area contributed by atoms with E-state index >= 15 is 0 Å². The summed E-state index contributed by atoms with van der Waals surface area (Å²) in [5.41, 5.74) is 6.57. The maximum Gasteiger partial charge on any atom is 0.305 e. The van der Waals surface area contributed by atoms with Crippen LogP contribution in [0.15, 0.2) is 0 Å². The lowest BCUT2D eigenvalue weighted by molar-refractivity contribution is -0.141. The van der Waals surface area contributed by atoms with Crippen molar-refractivity contribution < 1.29 is 9.53 Å². The number of nitrogens with two attached hydrogens (primary N) is 1. The van der Waals surface area contributed by atoms with Crippen LogP contribution in [0.3, 0.4) is 0 Å². The number of nitrogens with one attached hydrogen (secondary N) is 3. The van der Waals surface area contributed by atoms with Gasteiger partial charge in [0.2, 0.25) is 0 Å². The van der Waals surface area contributed by atoms with Crippen LogP contribution in [0.1, 0.15) is 111 Å². The first-order chi connectivity index (χ1) is 19.3. The van der Waals surface area contributed by atoms with Crippen LogP contribution in [-0.4, -0.2) is 58.4 Å². The molecule has 0 aromatic rings. The molecular weight excluding hydrogens is 496 g/mol. The summed E-state index contributed by atoms with van der Waals surface area (Å²) in [6.07, 6.45) is 17.8. The van der Waals surface area contributed by atoms with Crippen molar-refractivity contribution in [3.8, 4) is 0 Å². The summed E-state index contributed by atoms with van der Waals surface area (Å²) >= 11 is 0. The fourth-order valence-electron chi connectivity index (χ4n) is 10.4. The standard InChI is InChI=1S/C34H64N4O2/c1-25(8-13-32(39)40-4)29-11-12-30-28-10-9-26-24-27(14-16-33(26,2)31(28)15-17-34(29,30)3)38-23-7-22-37-21-6-20-36-19-5-18-35/h25-31,36-38H,5-24,35H2,1-4H3/t25-,26?,27+,28?,29?,30?,31?,33+,34-/m1/s1. The fraction of sp³-hybridized carbons (Fsp3) is 0.971. The number of esters is 1. The first-order valence-electron chi connectivity index (χ1n) is 17.2. The minimum atomic E-state index is -0.0404. The lowest BCUT2D eigenvalue weighted by Crippen LogP contribution is -2.55. The van der Waals surface area contributed by atoms with Gasteiger partial charge in [-0.2, -0.15) is 0 Å². The van der Waals surface area contributed by atoms with Crippen LogP contribution in [0.4, 0.5) is 0 Å². The van der Waals surface area contributed by atoms with E-state index in [1.54, 1.807) is 0 Å². The number of hydrogen-bond acceptors (Lipinski definition) is 6. The van der Waals surface area contributed by atoms with Gasteiger partial charge in [-0.15, -0.1) is 0 Å². The Kier molecular flexibility index (Phi) is 12.2. The quantitative estimate of drug-likeness (QED) is 0.147. The minimum absolute atomic E-state index is 0.0404. The maximum atomic E-state index is 11.8. The van der Waals surface area contributed by atoms with Crippen molar-refractivity contribution in [2.75, 3.05) is 46.4 Å². The van der Waals surface area contributed by atoms with Crippen molar-refractivity contribution in [1.82, 2.24) is 16.0 Å². The Morgan fingerprint density at radius 1 is 0.875 bits per heavy atom. The van der Waals surface area contributed by atoms with Gasteiger partial charge >= 0.3 is 5.97 Å². The largest absolute Gasteiger partial charge is 0.469 e. The van der Waals surface area contributed by atoms with E-state index < -0.39 is 0 Å². The summed E-state index contributed by atoms with van der Waals surface area (Å²) < 4.78 is 4.94. The predicted molar refractivity (Wildman–Crippen MR) is 166 cm³/mol. The van der Waals surface area contributed by atoms with Crippen LogP contribution in [0, 0.1) is 46.3 Å². The number of fused-ring (bicyclic) bond motifs is 5. The van der Waals surface area contributed by atoms with E-state index in [4.69, 9.17) is 10.5 Å². The highest BCUT2D eigenvalue weighted by Gasteiger charge is 2.60. The van der Waals surface area contributed by atoms with Gasteiger partial charge in [0.15, 0.2) is 0 Å². The summed E-state index contributed by atoms with van der Waals surface area (Å²) in [5.74, 6) is 5.04. The smallest absolute Gasteiger partial charge is 0.305 e. The molecule has 6 heteroatoms. The lowest BCUT2D eigenvalue weighted by Gasteiger charge is -2.61. The molecule has 0 bridgehead atoms. The highest BCUT2D eigenvalue weighted by molar-refractivity contribution is 5.69. The van der Waals surface area contributed by atoms with Crippen molar-refractivity contribution in [3.05, 3.63) is 0 Å². The van der Waals surface area contributed by atoms with Gasteiger partial charge in [-0.3, -0.25) is 4.79 Å². The number of ether oxygens (including phenoxy) is 1. The second kappa shape index (κ2) is 15.2. The van der Waals surface area contributed by atoms with Gasteiger partial charge in [-0.05, 0) is 169 Å². The number of carbonyl (C=O) groups excluding carboxylic acids is 1. The summed E-state index contributed by atoms with van der Waals surface area (Å²) in [6, 6.07) is 0.724. The van der Waals surface area contributed by atoms with Crippen LogP contribution in [0.25, 0.3) is 0 Å². The Hall–Kier alpha value is -0.690. The molecule has 4 aliphatic rings. The Labute approximate surface area is 246 Å². The molecule has 0 aromatic heterocycles. The molecule has 0 saturated heterocycles. The molecule has 5 N–H and O–H groups in total. The average Bonchev–Trinajstić information content (AvgIpc) is 3.31. The third-order valence-corrected chi connectivity index (χ3v) is 12.7. The van der Waals surface area contributed by atoms with Crippen LogP contribution in [-0.2, 0) is 9.53 Å². The van der Waals surface area contributed by atoms with E-state index in [-0.39, 0.29) is 5.97 Å². The molecule has 0 radical (unpaired) electrons. The van der Waals surface area contributed by atoms with Crippen molar-refractivity contribution in [2.24, 2.45) is 52.1 Å². The van der Waals surface area contributed by atoms with Crippen molar-refractivity contribution in [3.63, 3.8) is 0 Å². The third-order valence-electron chi connectivity index (χ3n) is 12.7. The van der Waals surface area contributed by atoms with Crippen LogP contribution < -0.4 is 21.7 Å². The predicted octanol–water partition coefficient (Wildman–Crippen LogP) is 5.50. The Bertz CT molecular complexity index is 779. The van der Waals surface area contributed by atoms with Crippen LogP contribution >= 0.6 is 0 Å². The van der Waals surface area contributed by atoms with E-state index in [1.165, 1.54) is 77.7 Å². The molecule has 0 amide bonds. The first kappa shape index (κ1) is 32.2. The van der Waals surface area contributed by atoms with E-state index in [1.807, 2.05) is 0 Å². The average molecular weight is 561 g/mol. The molecule has 40 heavy (non-hydrogen) atoms. The molecule has 0 aromatic carbocycles. The highest BCUT2D eigenvalue weighted by Crippen LogP contribution is 2.68. The van der Waals surface area contributed by atoms with Gasteiger partial charge in [0, 0.05) is 12.5 Å². The Morgan fingerprint density at radius 2 is 1.55 bits per heavy atom. The van der Waals surface area contributed by atoms with E-state index in [0.717, 1.165) is 87.7 Å². The van der Waals surface area contributed by atoms with Gasteiger partial charge < -0.3 is 26.4 Å². The molecule has 0 aliphatic heterocycles. The zero-order valence-corrected chi connectivity index (χ0v) is 26.6. The molecule has 232 valence electrons. The molecule has 4 aliphatic carbocycles. The van der Waals surface area contributed by atoms with E-state index in [2.05, 4.69) is 36.7 Å². The van der Waals surface area contributed by atoms with Crippen molar-refractivity contribution in [2.45, 2.75) is 117 Å². The van der Waals surface area contributed by atoms with Crippen LogP contribution in [0.5, 0.6) is 0 Å². The van der Waals surface area contributed by atoms with Crippen molar-refractivity contribution >= 4 is 5.97 Å². The number of methoxy groups -OCH3 is 1. The molecule has 4 rings (SSSR count). The van der Waals surface area contributed by atoms with E-state index in [0.29, 0.717) is 23.2 Å². The fourth-order valence-corrected chi connectivity index (χ4v) is 10.4. The van der Waals surface area contributed by atoms with Gasteiger partial charge in [-0.25, -0.2) is 0 Å². The zero-order chi connectivity index (χ0) is 28.6. The lowest BCUT2D eigenvalue weighted by atomic mass is 9.44. The summed E-state index contributed by atoms with van der Waals surface area (Å²) in [7, 11) is 1.52. The number of carbonyl (C=O) groups is 1. The zero-order valence-electron chi connectivity index (χ0n) is 26.6. The maximum absolute atomic E-state index is 11.8. The Morgan fingerprint density at radius 3 is 2.27 bits per heavy atom. The number of rotatable bonds is 16. The molecule has 6 nitrogen and oxygen atoms in total. The van der Waals surface area contributed by atoms with Gasteiger partial charge in [-0.1, -0.05) is 20.8 Å². The van der Waals surface area contributed by atoms with Gasteiger partial charge in [0.05, 0.1) is 7.11 Å². The molecular formula is C34H64N4O2. The first-order valence-corrected chi connectivity index (χ1v) is 17.2.